The van der Waals surface area contributed by atoms with Crippen LogP contribution in [0.15, 0.2) is 41.1 Å². The molecule has 0 bridgehead atoms. The molecule has 1 aromatic carbocycles. The van der Waals surface area contributed by atoms with Gasteiger partial charge in [-0.15, -0.1) is 0 Å². The smallest absolute Gasteiger partial charge is 0.259 e. The van der Waals surface area contributed by atoms with Gasteiger partial charge in [-0.1, -0.05) is 35.5 Å². The van der Waals surface area contributed by atoms with Gasteiger partial charge >= 0.3 is 0 Å². The third kappa shape index (κ3) is 3.64. The zero-order chi connectivity index (χ0) is 18.9. The van der Waals surface area contributed by atoms with Gasteiger partial charge in [-0.25, -0.2) is 12.7 Å². The van der Waals surface area contributed by atoms with E-state index in [1.807, 2.05) is 30.3 Å². The van der Waals surface area contributed by atoms with Crippen LogP contribution in [0.5, 0.6) is 0 Å². The fourth-order valence-corrected chi connectivity index (χ4v) is 4.13. The number of aliphatic hydroxyl groups excluding tert-OH is 1. The number of nitrogens with zero attached hydrogens (tertiary/aromatic N) is 3. The van der Waals surface area contributed by atoms with Gasteiger partial charge in [0, 0.05) is 38.7 Å². The molecule has 1 saturated heterocycles. The standard InChI is InChI=1S/C17H21N3O5S/c1-19(2)26(23,24)11-13-9-20(10-15(13)21)17(22)14-8-18-25-16(14)12-6-4-3-5-7-12/h3-8,13,15,21H,9-11H2,1-2H3. The average Bonchev–Trinajstić information content (AvgIpc) is 3.22. The normalized spacial score (nSPS) is 20.7. The summed E-state index contributed by atoms with van der Waals surface area (Å²) in [4.78, 5) is 14.3. The third-order valence-corrected chi connectivity index (χ3v) is 6.47. The molecule has 8 nitrogen and oxygen atoms in total. The number of sulfonamides is 1. The summed E-state index contributed by atoms with van der Waals surface area (Å²) >= 11 is 0. The molecule has 1 aliphatic heterocycles. The van der Waals surface area contributed by atoms with Gasteiger partial charge in [0.05, 0.1) is 18.1 Å². The number of likely N-dealkylation sites (tertiary alicyclic amines) is 1. The molecule has 140 valence electrons. The maximum absolute atomic E-state index is 12.8. The highest BCUT2D eigenvalue weighted by molar-refractivity contribution is 7.89. The van der Waals surface area contributed by atoms with Gasteiger partial charge in [0.1, 0.15) is 5.56 Å². The largest absolute Gasteiger partial charge is 0.391 e. The van der Waals surface area contributed by atoms with Crippen LogP contribution < -0.4 is 0 Å². The Balaban J connectivity index is 1.78. The second kappa shape index (κ2) is 7.18. The van der Waals surface area contributed by atoms with Gasteiger partial charge in [0.25, 0.3) is 5.91 Å². The van der Waals surface area contributed by atoms with Gasteiger partial charge in [-0.05, 0) is 0 Å². The fourth-order valence-electron chi connectivity index (χ4n) is 2.96. The summed E-state index contributed by atoms with van der Waals surface area (Å²) < 4.78 is 30.5. The van der Waals surface area contributed by atoms with Crippen molar-refractivity contribution in [1.29, 1.82) is 0 Å². The highest BCUT2D eigenvalue weighted by atomic mass is 32.2. The molecule has 0 saturated carbocycles. The minimum atomic E-state index is -3.46. The van der Waals surface area contributed by atoms with E-state index in [9.17, 15) is 18.3 Å². The fraction of sp³-hybridized carbons (Fsp3) is 0.412. The first-order valence-corrected chi connectivity index (χ1v) is 9.78. The van der Waals surface area contributed by atoms with Crippen molar-refractivity contribution in [3.8, 4) is 11.3 Å². The SMILES string of the molecule is CN(C)S(=O)(=O)CC1CN(C(=O)c2cnoc2-c2ccccc2)CC1O. The summed E-state index contributed by atoms with van der Waals surface area (Å²) in [6.45, 7) is 0.234. The van der Waals surface area contributed by atoms with Crippen LogP contribution in [0.25, 0.3) is 11.3 Å². The summed E-state index contributed by atoms with van der Waals surface area (Å²) in [6, 6.07) is 9.13. The van der Waals surface area contributed by atoms with Crippen molar-refractivity contribution in [3.63, 3.8) is 0 Å². The van der Waals surface area contributed by atoms with Crippen molar-refractivity contribution in [1.82, 2.24) is 14.4 Å². The van der Waals surface area contributed by atoms with Crippen molar-refractivity contribution >= 4 is 15.9 Å². The zero-order valence-electron chi connectivity index (χ0n) is 14.6. The zero-order valence-corrected chi connectivity index (χ0v) is 15.4. The molecule has 2 atom stereocenters. The van der Waals surface area contributed by atoms with Gasteiger partial charge in [-0.2, -0.15) is 0 Å². The molecule has 1 aromatic heterocycles. The van der Waals surface area contributed by atoms with Crippen LogP contribution in [0.3, 0.4) is 0 Å². The van der Waals surface area contributed by atoms with Crippen LogP contribution in [-0.4, -0.2) is 72.8 Å². The van der Waals surface area contributed by atoms with E-state index >= 15 is 0 Å². The Morgan fingerprint density at radius 3 is 2.65 bits per heavy atom. The summed E-state index contributed by atoms with van der Waals surface area (Å²) in [7, 11) is -0.570. The minimum absolute atomic E-state index is 0.0753. The van der Waals surface area contributed by atoms with Gasteiger partial charge in [-0.3, -0.25) is 4.79 Å². The molecule has 0 aliphatic carbocycles. The molecule has 0 spiro atoms. The van der Waals surface area contributed by atoms with Crippen LogP contribution in [0.2, 0.25) is 0 Å². The lowest BCUT2D eigenvalue weighted by Gasteiger charge is -2.17. The van der Waals surface area contributed by atoms with Crippen LogP contribution in [0.4, 0.5) is 0 Å². The molecule has 1 amide bonds. The Morgan fingerprint density at radius 2 is 2.00 bits per heavy atom. The number of aliphatic hydroxyl groups is 1. The Morgan fingerprint density at radius 1 is 1.31 bits per heavy atom. The molecule has 2 heterocycles. The minimum Gasteiger partial charge on any atom is -0.391 e. The van der Waals surface area contributed by atoms with Crippen molar-refractivity contribution < 1.29 is 22.8 Å². The van der Waals surface area contributed by atoms with E-state index in [4.69, 9.17) is 4.52 Å². The Hall–Kier alpha value is -2.23. The number of rotatable bonds is 5. The Kier molecular flexibility index (Phi) is 5.12. The second-order valence-corrected chi connectivity index (χ2v) is 8.76. The number of benzene rings is 1. The lowest BCUT2D eigenvalue weighted by atomic mass is 10.1. The number of hydrogen-bond acceptors (Lipinski definition) is 6. The molecule has 2 unspecified atom stereocenters. The molecule has 26 heavy (non-hydrogen) atoms. The topological polar surface area (TPSA) is 104 Å². The third-order valence-electron chi connectivity index (χ3n) is 4.51. The number of β-amino-alcohol motifs (C(OH)–C–C–N with tert-alkyl or cyclic N) is 1. The molecular formula is C17H21N3O5S. The number of carbonyl (C=O) groups excluding carboxylic acids is 1. The summed E-state index contributed by atoms with van der Waals surface area (Å²) in [5.74, 6) is -0.727. The molecule has 0 radical (unpaired) electrons. The Bertz CT molecular complexity index is 879. The van der Waals surface area contributed by atoms with E-state index in [0.717, 1.165) is 9.87 Å². The van der Waals surface area contributed by atoms with Crippen LogP contribution >= 0.6 is 0 Å². The van der Waals surface area contributed by atoms with Crippen LogP contribution in [0.1, 0.15) is 10.4 Å². The predicted octanol–water partition coefficient (Wildman–Crippen LogP) is 0.666. The molecule has 9 heteroatoms. The van der Waals surface area contributed by atoms with E-state index in [-0.39, 0.29) is 24.7 Å². The maximum atomic E-state index is 12.8. The van der Waals surface area contributed by atoms with Crippen LogP contribution in [-0.2, 0) is 10.0 Å². The molecule has 3 rings (SSSR count). The first-order chi connectivity index (χ1) is 12.3. The van der Waals surface area contributed by atoms with E-state index < -0.39 is 22.0 Å². The number of carbonyl (C=O) groups is 1. The second-order valence-electron chi connectivity index (χ2n) is 6.53. The highest BCUT2D eigenvalue weighted by Gasteiger charge is 2.38. The summed E-state index contributed by atoms with van der Waals surface area (Å²) in [6.07, 6.45) is 0.453. The molecule has 1 fully saturated rings. The van der Waals surface area contributed by atoms with Crippen molar-refractivity contribution in [2.45, 2.75) is 6.10 Å². The predicted molar refractivity (Wildman–Crippen MR) is 94.8 cm³/mol. The van der Waals surface area contributed by atoms with E-state index in [1.165, 1.54) is 25.2 Å². The molecule has 1 N–H and O–H groups in total. The van der Waals surface area contributed by atoms with E-state index in [2.05, 4.69) is 5.16 Å². The maximum Gasteiger partial charge on any atom is 0.259 e. The molecule has 2 aromatic rings. The quantitative estimate of drug-likeness (QED) is 0.819. The van der Waals surface area contributed by atoms with Crippen molar-refractivity contribution in [3.05, 3.63) is 42.1 Å². The Labute approximate surface area is 152 Å². The average molecular weight is 379 g/mol. The number of hydrogen-bond donors (Lipinski definition) is 1. The van der Waals surface area contributed by atoms with Gasteiger partial charge in [0.2, 0.25) is 10.0 Å². The summed E-state index contributed by atoms with van der Waals surface area (Å²) in [5, 5.41) is 13.9. The van der Waals surface area contributed by atoms with E-state index in [1.54, 1.807) is 0 Å². The van der Waals surface area contributed by atoms with Gasteiger partial charge in [0.15, 0.2) is 5.76 Å². The van der Waals surface area contributed by atoms with E-state index in [0.29, 0.717) is 11.3 Å². The molecular weight excluding hydrogens is 358 g/mol. The lowest BCUT2D eigenvalue weighted by molar-refractivity contribution is 0.0765. The number of aromatic nitrogens is 1. The monoisotopic (exact) mass is 379 g/mol. The highest BCUT2D eigenvalue weighted by Crippen LogP contribution is 2.27. The first-order valence-electron chi connectivity index (χ1n) is 8.17. The van der Waals surface area contributed by atoms with Crippen molar-refractivity contribution in [2.75, 3.05) is 32.9 Å². The number of amides is 1. The van der Waals surface area contributed by atoms with Crippen LogP contribution in [0, 0.1) is 5.92 Å². The van der Waals surface area contributed by atoms with Crippen molar-refractivity contribution in [2.24, 2.45) is 5.92 Å². The van der Waals surface area contributed by atoms with Gasteiger partial charge < -0.3 is 14.5 Å². The summed E-state index contributed by atoms with van der Waals surface area (Å²) in [5.41, 5.74) is 1.01. The molecule has 1 aliphatic rings. The first kappa shape index (κ1) is 18.6. The lowest BCUT2D eigenvalue weighted by Crippen LogP contribution is -2.33.